The predicted molar refractivity (Wildman–Crippen MR) is 186 cm³/mol. The lowest BCUT2D eigenvalue weighted by atomic mass is 9.59. The Morgan fingerprint density at radius 3 is 2.40 bits per heavy atom. The third-order valence-electron chi connectivity index (χ3n) is 10.3. The molecule has 4 heterocycles. The number of hydrogen-bond donors (Lipinski definition) is 2. The second-order valence-corrected chi connectivity index (χ2v) is 14.0. The van der Waals surface area contributed by atoms with Crippen LogP contribution in [0.1, 0.15) is 53.5 Å². The van der Waals surface area contributed by atoms with E-state index in [4.69, 9.17) is 34.4 Å². The molecule has 0 radical (unpaired) electrons. The van der Waals surface area contributed by atoms with Crippen molar-refractivity contribution in [1.82, 2.24) is 20.0 Å². The first-order valence-electron chi connectivity index (χ1n) is 16.3. The SMILES string of the molecule is C#Cc1ccc(OC2CCN(C(=O)N3CCN(C)CC3)CC2)c(C2NC(=O)CC(c3cccc(Cl)c3)C23C(=O)Nc2cc(Cl)ccc23)c1. The van der Waals surface area contributed by atoms with Gasteiger partial charge in [-0.25, -0.2) is 4.79 Å². The first-order valence-corrected chi connectivity index (χ1v) is 17.1. The maximum Gasteiger partial charge on any atom is 0.320 e. The lowest BCUT2D eigenvalue weighted by Gasteiger charge is -2.47. The number of likely N-dealkylation sites (N-methyl/N-ethyl adjacent to an activating group) is 1. The number of nitrogens with zero attached hydrogens (tertiary/aromatic N) is 3. The number of urea groups is 1. The monoisotopic (exact) mass is 685 g/mol. The summed E-state index contributed by atoms with van der Waals surface area (Å²) in [4.78, 5) is 47.4. The zero-order valence-corrected chi connectivity index (χ0v) is 28.2. The molecule has 0 aromatic heterocycles. The second-order valence-electron chi connectivity index (χ2n) is 13.1. The highest BCUT2D eigenvalue weighted by Gasteiger charge is 2.61. The number of anilines is 1. The lowest BCUT2D eigenvalue weighted by molar-refractivity contribution is -0.131. The Morgan fingerprint density at radius 2 is 1.67 bits per heavy atom. The van der Waals surface area contributed by atoms with Gasteiger partial charge in [0.15, 0.2) is 0 Å². The van der Waals surface area contributed by atoms with Gasteiger partial charge in [-0.3, -0.25) is 9.59 Å². The zero-order valence-electron chi connectivity index (χ0n) is 26.7. The number of benzene rings is 3. The highest BCUT2D eigenvalue weighted by atomic mass is 35.5. The molecule has 3 aromatic carbocycles. The van der Waals surface area contributed by atoms with Crippen LogP contribution in [-0.4, -0.2) is 85.0 Å². The van der Waals surface area contributed by atoms with Crippen molar-refractivity contribution in [2.75, 3.05) is 51.6 Å². The van der Waals surface area contributed by atoms with E-state index >= 15 is 0 Å². The molecular formula is C37H37Cl2N5O4. The Balaban J connectivity index is 1.25. The third kappa shape index (κ3) is 5.76. The molecule has 0 bridgehead atoms. The predicted octanol–water partition coefficient (Wildman–Crippen LogP) is 5.42. The Bertz CT molecular complexity index is 1810. The van der Waals surface area contributed by atoms with Crippen molar-refractivity contribution in [3.8, 4) is 18.1 Å². The number of piperazine rings is 1. The number of rotatable bonds is 4. The molecule has 7 rings (SSSR count). The average Bonchev–Trinajstić information content (AvgIpc) is 3.36. The maximum atomic E-state index is 14.5. The van der Waals surface area contributed by atoms with Gasteiger partial charge in [-0.1, -0.05) is 47.3 Å². The quantitative estimate of drug-likeness (QED) is 0.358. The van der Waals surface area contributed by atoms with Crippen molar-refractivity contribution in [1.29, 1.82) is 0 Å². The van der Waals surface area contributed by atoms with Crippen molar-refractivity contribution >= 4 is 46.7 Å². The van der Waals surface area contributed by atoms with Crippen LogP contribution >= 0.6 is 23.2 Å². The van der Waals surface area contributed by atoms with Gasteiger partial charge >= 0.3 is 6.03 Å². The number of fused-ring (bicyclic) bond motifs is 2. The molecule has 0 saturated carbocycles. The van der Waals surface area contributed by atoms with Crippen LogP contribution in [0, 0.1) is 12.3 Å². The molecule has 9 nitrogen and oxygen atoms in total. The molecule has 248 valence electrons. The maximum absolute atomic E-state index is 14.5. The fourth-order valence-corrected chi connectivity index (χ4v) is 8.15. The molecule has 3 unspecified atom stereocenters. The van der Waals surface area contributed by atoms with Crippen molar-refractivity contribution in [2.24, 2.45) is 0 Å². The van der Waals surface area contributed by atoms with E-state index in [0.29, 0.717) is 58.5 Å². The van der Waals surface area contributed by atoms with Gasteiger partial charge in [0.25, 0.3) is 0 Å². The van der Waals surface area contributed by atoms with Crippen LogP contribution in [0.3, 0.4) is 0 Å². The van der Waals surface area contributed by atoms with Gasteiger partial charge in [0, 0.05) is 91.3 Å². The normalized spacial score (nSPS) is 24.5. The van der Waals surface area contributed by atoms with E-state index in [9.17, 15) is 14.4 Å². The van der Waals surface area contributed by atoms with E-state index in [1.807, 2.05) is 46.2 Å². The van der Waals surface area contributed by atoms with E-state index in [0.717, 1.165) is 37.3 Å². The number of hydrogen-bond acceptors (Lipinski definition) is 5. The van der Waals surface area contributed by atoms with E-state index in [1.165, 1.54) is 0 Å². The molecule has 11 heteroatoms. The number of ether oxygens (including phenoxy) is 1. The highest BCUT2D eigenvalue weighted by molar-refractivity contribution is 6.31. The largest absolute Gasteiger partial charge is 0.490 e. The molecule has 48 heavy (non-hydrogen) atoms. The number of carbonyl (C=O) groups is 3. The molecule has 3 fully saturated rings. The number of halogens is 2. The summed E-state index contributed by atoms with van der Waals surface area (Å²) in [5.74, 6) is 2.21. The number of carbonyl (C=O) groups excluding carboxylic acids is 3. The van der Waals surface area contributed by atoms with Gasteiger partial charge in [0.1, 0.15) is 17.3 Å². The summed E-state index contributed by atoms with van der Waals surface area (Å²) in [6.07, 6.45) is 7.07. The number of piperidine rings is 2. The standard InChI is InChI=1S/C37H37Cl2N5O4/c1-3-23-7-10-32(48-27-11-13-43(14-12-27)36(47)44-17-15-42(2)16-18-44)28(19-23)34-37(29-9-8-26(39)21-31(29)40-35(37)46)30(22-33(45)41-34)24-5-4-6-25(38)20-24/h1,4-10,19-21,27,30,34H,11-18,22H2,2H3,(H,40,46)(H,41,45). The Kier molecular flexibility index (Phi) is 8.75. The van der Waals surface area contributed by atoms with Crippen LogP contribution in [-0.2, 0) is 15.0 Å². The zero-order chi connectivity index (χ0) is 33.6. The third-order valence-corrected chi connectivity index (χ3v) is 10.7. The van der Waals surface area contributed by atoms with E-state index in [1.54, 1.807) is 24.3 Å². The van der Waals surface area contributed by atoms with Crippen molar-refractivity contribution < 1.29 is 19.1 Å². The van der Waals surface area contributed by atoms with Crippen LogP contribution in [0.15, 0.2) is 60.7 Å². The summed E-state index contributed by atoms with van der Waals surface area (Å²) in [7, 11) is 2.07. The molecular weight excluding hydrogens is 649 g/mol. The molecule has 3 saturated heterocycles. The van der Waals surface area contributed by atoms with Crippen LogP contribution in [0.2, 0.25) is 10.0 Å². The summed E-state index contributed by atoms with van der Waals surface area (Å²) < 4.78 is 6.72. The summed E-state index contributed by atoms with van der Waals surface area (Å²) in [6, 6.07) is 17.4. The number of likely N-dealkylation sites (tertiary alicyclic amines) is 1. The topological polar surface area (TPSA) is 94.2 Å². The minimum Gasteiger partial charge on any atom is -0.490 e. The first-order chi connectivity index (χ1) is 23.2. The first kappa shape index (κ1) is 32.3. The minimum absolute atomic E-state index is 0.0666. The smallest absolute Gasteiger partial charge is 0.320 e. The van der Waals surface area contributed by atoms with Crippen LogP contribution < -0.4 is 15.4 Å². The van der Waals surface area contributed by atoms with Crippen molar-refractivity contribution in [3.05, 3.63) is 93.0 Å². The van der Waals surface area contributed by atoms with Gasteiger partial charge < -0.3 is 30.1 Å². The van der Waals surface area contributed by atoms with Crippen LogP contribution in [0.4, 0.5) is 10.5 Å². The summed E-state index contributed by atoms with van der Waals surface area (Å²) in [5, 5.41) is 7.24. The molecule has 4 aliphatic rings. The van der Waals surface area contributed by atoms with E-state index in [-0.39, 0.29) is 30.4 Å². The Morgan fingerprint density at radius 1 is 0.938 bits per heavy atom. The van der Waals surface area contributed by atoms with E-state index < -0.39 is 17.4 Å². The molecule has 3 atom stereocenters. The van der Waals surface area contributed by atoms with Crippen LogP contribution in [0.5, 0.6) is 5.75 Å². The van der Waals surface area contributed by atoms with Gasteiger partial charge in [0.05, 0.1) is 6.04 Å². The Labute approximate surface area is 290 Å². The highest BCUT2D eigenvalue weighted by Crippen LogP contribution is 2.58. The molecule has 4 aliphatic heterocycles. The Hall–Kier alpha value is -4.23. The average molecular weight is 687 g/mol. The van der Waals surface area contributed by atoms with Crippen molar-refractivity contribution in [3.63, 3.8) is 0 Å². The molecule has 4 amide bonds. The van der Waals surface area contributed by atoms with Gasteiger partial charge in [0.2, 0.25) is 11.8 Å². The summed E-state index contributed by atoms with van der Waals surface area (Å²) in [5.41, 5.74) is 2.01. The molecule has 3 aromatic rings. The fourth-order valence-electron chi connectivity index (χ4n) is 7.78. The number of nitrogens with one attached hydrogen (secondary N) is 2. The van der Waals surface area contributed by atoms with Gasteiger partial charge in [-0.15, -0.1) is 6.42 Å². The molecule has 2 N–H and O–H groups in total. The fraction of sp³-hybridized carbons (Fsp3) is 0.378. The lowest BCUT2D eigenvalue weighted by Crippen LogP contribution is -2.57. The number of terminal acetylenes is 1. The van der Waals surface area contributed by atoms with Crippen molar-refractivity contribution in [2.45, 2.75) is 42.7 Å². The van der Waals surface area contributed by atoms with Gasteiger partial charge in [-0.05, 0) is 60.6 Å². The molecule has 1 spiro atoms. The second kappa shape index (κ2) is 13.0. The van der Waals surface area contributed by atoms with Crippen LogP contribution in [0.25, 0.3) is 0 Å². The van der Waals surface area contributed by atoms with E-state index in [2.05, 4.69) is 28.5 Å². The molecule has 0 aliphatic carbocycles. The number of amides is 4. The summed E-state index contributed by atoms with van der Waals surface area (Å²) in [6.45, 7) is 4.34. The van der Waals surface area contributed by atoms with Gasteiger partial charge in [-0.2, -0.15) is 0 Å². The summed E-state index contributed by atoms with van der Waals surface area (Å²) >= 11 is 12.9. The minimum atomic E-state index is -1.28.